The maximum atomic E-state index is 12.9. The van der Waals surface area contributed by atoms with Crippen molar-refractivity contribution >= 4 is 23.7 Å². The number of carbonyl (C=O) groups excluding carboxylic acids is 3. The van der Waals surface area contributed by atoms with E-state index in [9.17, 15) is 14.4 Å². The van der Waals surface area contributed by atoms with E-state index in [0.717, 1.165) is 22.3 Å². The third kappa shape index (κ3) is 5.74. The fraction of sp³-hybridized carbons (Fsp3) is 0.276. The first kappa shape index (κ1) is 25.0. The molecule has 0 unspecified atom stereocenters. The van der Waals surface area contributed by atoms with Gasteiger partial charge in [-0.15, -0.1) is 0 Å². The normalized spacial score (nSPS) is 15.0. The van der Waals surface area contributed by atoms with Crippen LogP contribution in [-0.4, -0.2) is 41.6 Å². The molecular formula is C29H30N2O5. The Labute approximate surface area is 211 Å². The summed E-state index contributed by atoms with van der Waals surface area (Å²) in [6.07, 6.45) is -0.285. The zero-order chi connectivity index (χ0) is 25.9. The lowest BCUT2D eigenvalue weighted by Gasteiger charge is -2.36. The number of nitrogens with zero attached hydrogens (tertiary/aromatic N) is 1. The Hall–Kier alpha value is -4.13. The molecule has 0 radical (unpaired) electrons. The van der Waals surface area contributed by atoms with Crippen LogP contribution in [0.2, 0.25) is 0 Å². The fourth-order valence-electron chi connectivity index (χ4n) is 4.17. The number of methoxy groups -OCH3 is 1. The molecule has 0 aliphatic carbocycles. The van der Waals surface area contributed by atoms with Crippen molar-refractivity contribution in [2.45, 2.75) is 45.4 Å². The van der Waals surface area contributed by atoms with Crippen LogP contribution < -0.4 is 5.32 Å². The Bertz CT molecular complexity index is 1260. The molecule has 1 aliphatic heterocycles. The highest BCUT2D eigenvalue weighted by atomic mass is 16.6. The van der Waals surface area contributed by atoms with Crippen LogP contribution >= 0.6 is 0 Å². The van der Waals surface area contributed by atoms with Crippen molar-refractivity contribution in [1.29, 1.82) is 0 Å². The van der Waals surface area contributed by atoms with Crippen molar-refractivity contribution < 1.29 is 23.9 Å². The van der Waals surface area contributed by atoms with E-state index in [-0.39, 0.29) is 12.5 Å². The Morgan fingerprint density at radius 2 is 1.56 bits per heavy atom. The number of benzene rings is 3. The van der Waals surface area contributed by atoms with Gasteiger partial charge in [-0.05, 0) is 67.3 Å². The number of rotatable bonds is 4. The van der Waals surface area contributed by atoms with Crippen molar-refractivity contribution in [1.82, 2.24) is 4.90 Å². The molecule has 0 aromatic heterocycles. The van der Waals surface area contributed by atoms with Crippen molar-refractivity contribution in [3.05, 3.63) is 89.5 Å². The van der Waals surface area contributed by atoms with Gasteiger partial charge in [-0.1, -0.05) is 48.5 Å². The highest BCUT2D eigenvalue weighted by molar-refractivity contribution is 6.04. The predicted octanol–water partition coefficient (Wildman–Crippen LogP) is 5.44. The second kappa shape index (κ2) is 10.2. The molecule has 1 heterocycles. The highest BCUT2D eigenvalue weighted by Gasteiger charge is 2.37. The summed E-state index contributed by atoms with van der Waals surface area (Å²) in [5.74, 6) is -0.732. The summed E-state index contributed by atoms with van der Waals surface area (Å²) in [6, 6.07) is 22.1. The lowest BCUT2D eigenvalue weighted by atomic mass is 9.93. The summed E-state index contributed by atoms with van der Waals surface area (Å²) >= 11 is 0. The molecule has 0 fully saturated rings. The minimum Gasteiger partial charge on any atom is -0.467 e. The SMILES string of the molecule is COC(=O)[C@@H]1Cc2ccc(NC(=O)c3ccc(-c4ccccc4)cc3)cc2CN1C(=O)OC(C)(C)C. The first-order valence-electron chi connectivity index (χ1n) is 11.8. The molecule has 7 heteroatoms. The smallest absolute Gasteiger partial charge is 0.411 e. The van der Waals surface area contributed by atoms with E-state index < -0.39 is 23.7 Å². The van der Waals surface area contributed by atoms with E-state index in [2.05, 4.69) is 5.32 Å². The number of anilines is 1. The summed E-state index contributed by atoms with van der Waals surface area (Å²) in [5, 5.41) is 2.93. The Morgan fingerprint density at radius 3 is 2.19 bits per heavy atom. The van der Waals surface area contributed by atoms with E-state index in [1.165, 1.54) is 12.0 Å². The third-order valence-electron chi connectivity index (χ3n) is 5.95. The predicted molar refractivity (Wildman–Crippen MR) is 138 cm³/mol. The molecule has 2 amide bonds. The molecule has 1 atom stereocenters. The van der Waals surface area contributed by atoms with Crippen LogP contribution in [0.3, 0.4) is 0 Å². The molecule has 3 aromatic carbocycles. The van der Waals surface area contributed by atoms with E-state index in [0.29, 0.717) is 17.7 Å². The number of carbonyl (C=O) groups is 3. The Morgan fingerprint density at radius 1 is 0.889 bits per heavy atom. The van der Waals surface area contributed by atoms with Gasteiger partial charge < -0.3 is 14.8 Å². The molecule has 3 aromatic rings. The second-order valence-electron chi connectivity index (χ2n) is 9.73. The number of nitrogens with one attached hydrogen (secondary N) is 1. The van der Waals surface area contributed by atoms with Crippen LogP contribution in [0.4, 0.5) is 10.5 Å². The van der Waals surface area contributed by atoms with Crippen LogP contribution in [0, 0.1) is 0 Å². The largest absolute Gasteiger partial charge is 0.467 e. The number of ether oxygens (including phenoxy) is 2. The van der Waals surface area contributed by atoms with Gasteiger partial charge in [0, 0.05) is 17.7 Å². The van der Waals surface area contributed by atoms with Crippen molar-refractivity contribution in [2.75, 3.05) is 12.4 Å². The topological polar surface area (TPSA) is 84.9 Å². The van der Waals surface area contributed by atoms with Gasteiger partial charge in [-0.3, -0.25) is 9.69 Å². The minimum atomic E-state index is -0.777. The lowest BCUT2D eigenvalue weighted by Crippen LogP contribution is -2.50. The summed E-state index contributed by atoms with van der Waals surface area (Å²) in [4.78, 5) is 39.5. The second-order valence-corrected chi connectivity index (χ2v) is 9.73. The number of fused-ring (bicyclic) bond motifs is 1. The van der Waals surface area contributed by atoms with E-state index in [1.807, 2.05) is 54.6 Å². The highest BCUT2D eigenvalue weighted by Crippen LogP contribution is 2.29. The average molecular weight is 487 g/mol. The van der Waals surface area contributed by atoms with Crippen LogP contribution in [0.15, 0.2) is 72.8 Å². The van der Waals surface area contributed by atoms with Crippen LogP contribution in [-0.2, 0) is 27.2 Å². The molecule has 1 N–H and O–H groups in total. The number of esters is 1. The first-order chi connectivity index (χ1) is 17.1. The average Bonchev–Trinajstić information content (AvgIpc) is 2.87. The van der Waals surface area contributed by atoms with Gasteiger partial charge in [-0.25, -0.2) is 9.59 Å². The molecule has 186 valence electrons. The fourth-order valence-corrected chi connectivity index (χ4v) is 4.17. The van der Waals surface area contributed by atoms with Crippen LogP contribution in [0.5, 0.6) is 0 Å². The molecule has 0 bridgehead atoms. The molecule has 1 aliphatic rings. The third-order valence-corrected chi connectivity index (χ3v) is 5.95. The van der Waals surface area contributed by atoms with E-state index >= 15 is 0 Å². The Balaban J connectivity index is 1.51. The van der Waals surface area contributed by atoms with Crippen molar-refractivity contribution in [3.8, 4) is 11.1 Å². The van der Waals surface area contributed by atoms with Gasteiger partial charge in [0.2, 0.25) is 0 Å². The monoisotopic (exact) mass is 486 g/mol. The maximum absolute atomic E-state index is 12.9. The van der Waals surface area contributed by atoms with Gasteiger partial charge in [0.15, 0.2) is 0 Å². The summed E-state index contributed by atoms with van der Waals surface area (Å²) in [6.45, 7) is 5.49. The van der Waals surface area contributed by atoms with Crippen LogP contribution in [0.1, 0.15) is 42.3 Å². The zero-order valence-electron chi connectivity index (χ0n) is 20.9. The summed E-state index contributed by atoms with van der Waals surface area (Å²) in [7, 11) is 1.30. The zero-order valence-corrected chi connectivity index (χ0v) is 20.9. The maximum Gasteiger partial charge on any atom is 0.411 e. The number of hydrogen-bond acceptors (Lipinski definition) is 5. The Kier molecular flexibility index (Phi) is 7.10. The van der Waals surface area contributed by atoms with Gasteiger partial charge in [0.1, 0.15) is 11.6 Å². The number of amides is 2. The van der Waals surface area contributed by atoms with E-state index in [1.54, 1.807) is 39.0 Å². The molecular weight excluding hydrogens is 456 g/mol. The van der Waals surface area contributed by atoms with E-state index in [4.69, 9.17) is 9.47 Å². The molecule has 0 spiro atoms. The molecule has 0 saturated carbocycles. The van der Waals surface area contributed by atoms with Gasteiger partial charge in [0.25, 0.3) is 5.91 Å². The first-order valence-corrected chi connectivity index (χ1v) is 11.8. The standard InChI is InChI=1S/C29H30N2O5/c1-29(2,3)36-28(34)31-18-23-16-24(15-14-22(23)17-25(31)27(33)35-4)30-26(32)21-12-10-20(11-13-21)19-8-6-5-7-9-19/h5-16,25H,17-18H2,1-4H3,(H,30,32)/t25-/m0/s1. The number of hydrogen-bond donors (Lipinski definition) is 1. The molecule has 4 rings (SSSR count). The minimum absolute atomic E-state index is 0.166. The van der Waals surface area contributed by atoms with Crippen molar-refractivity contribution in [2.24, 2.45) is 0 Å². The van der Waals surface area contributed by atoms with Gasteiger partial charge in [-0.2, -0.15) is 0 Å². The summed E-state index contributed by atoms with van der Waals surface area (Å²) in [5.41, 5.74) is 4.29. The molecule has 7 nitrogen and oxygen atoms in total. The quantitative estimate of drug-likeness (QED) is 0.497. The molecule has 36 heavy (non-hydrogen) atoms. The summed E-state index contributed by atoms with van der Waals surface area (Å²) < 4.78 is 10.5. The molecule has 0 saturated heterocycles. The van der Waals surface area contributed by atoms with Crippen molar-refractivity contribution in [3.63, 3.8) is 0 Å². The van der Waals surface area contributed by atoms with Gasteiger partial charge >= 0.3 is 12.1 Å². The van der Waals surface area contributed by atoms with Crippen LogP contribution in [0.25, 0.3) is 11.1 Å². The van der Waals surface area contributed by atoms with Gasteiger partial charge in [0.05, 0.1) is 13.7 Å². The lowest BCUT2D eigenvalue weighted by molar-refractivity contribution is -0.147.